The van der Waals surface area contributed by atoms with Gasteiger partial charge in [0.05, 0.1) is 5.69 Å². The summed E-state index contributed by atoms with van der Waals surface area (Å²) in [6, 6.07) is 5.22. The number of unbranched alkanes of at least 4 members (excludes halogenated alkanes) is 1. The highest BCUT2D eigenvalue weighted by molar-refractivity contribution is 9.08. The van der Waals surface area contributed by atoms with E-state index in [1.54, 1.807) is 6.07 Å². The molecule has 0 saturated carbocycles. The lowest BCUT2D eigenvalue weighted by molar-refractivity contribution is 0.618. The molecule has 0 aliphatic heterocycles. The smallest absolute Gasteiger partial charge is 0.146 e. The summed E-state index contributed by atoms with van der Waals surface area (Å²) in [4.78, 5) is 2.00. The van der Waals surface area contributed by atoms with Gasteiger partial charge in [0, 0.05) is 18.9 Å². The second-order valence-electron chi connectivity index (χ2n) is 3.66. The predicted molar refractivity (Wildman–Crippen MR) is 67.2 cm³/mol. The van der Waals surface area contributed by atoms with Crippen molar-refractivity contribution in [3.05, 3.63) is 29.6 Å². The van der Waals surface area contributed by atoms with Crippen LogP contribution in [0.25, 0.3) is 0 Å². The summed E-state index contributed by atoms with van der Waals surface area (Å²) >= 11 is 3.39. The van der Waals surface area contributed by atoms with E-state index in [-0.39, 0.29) is 5.82 Å². The Balaban J connectivity index is 2.90. The molecule has 0 aromatic heterocycles. The van der Waals surface area contributed by atoms with E-state index in [1.165, 1.54) is 6.07 Å². The van der Waals surface area contributed by atoms with Crippen molar-refractivity contribution >= 4 is 21.6 Å². The number of anilines is 1. The van der Waals surface area contributed by atoms with Gasteiger partial charge in [-0.1, -0.05) is 41.4 Å². The van der Waals surface area contributed by atoms with Gasteiger partial charge in [-0.25, -0.2) is 4.39 Å². The molecule has 0 N–H and O–H groups in total. The maximum atomic E-state index is 13.7. The molecular formula is C12H17BrFN. The third kappa shape index (κ3) is 3.20. The number of hydrogen-bond acceptors (Lipinski definition) is 1. The van der Waals surface area contributed by atoms with Gasteiger partial charge in [0.1, 0.15) is 5.82 Å². The third-order valence-corrected chi connectivity index (χ3v) is 3.05. The van der Waals surface area contributed by atoms with Crippen LogP contribution in [0.4, 0.5) is 10.1 Å². The summed E-state index contributed by atoms with van der Waals surface area (Å²) < 4.78 is 13.7. The number of hydrogen-bond donors (Lipinski definition) is 0. The molecule has 1 rings (SSSR count). The van der Waals surface area contributed by atoms with Crippen molar-refractivity contribution in [2.24, 2.45) is 0 Å². The molecule has 1 nitrogen and oxygen atoms in total. The van der Waals surface area contributed by atoms with Crippen molar-refractivity contribution in [1.29, 1.82) is 0 Å². The van der Waals surface area contributed by atoms with E-state index in [2.05, 4.69) is 22.9 Å². The lowest BCUT2D eigenvalue weighted by Gasteiger charge is -2.22. The zero-order chi connectivity index (χ0) is 11.3. The van der Waals surface area contributed by atoms with Crippen LogP contribution in [0.1, 0.15) is 25.3 Å². The van der Waals surface area contributed by atoms with Crippen LogP contribution in [0.3, 0.4) is 0 Å². The topological polar surface area (TPSA) is 3.24 Å². The van der Waals surface area contributed by atoms with Crippen molar-refractivity contribution in [1.82, 2.24) is 0 Å². The Labute approximate surface area is 99.4 Å². The van der Waals surface area contributed by atoms with Gasteiger partial charge >= 0.3 is 0 Å². The number of rotatable bonds is 5. The molecule has 0 unspecified atom stereocenters. The minimum Gasteiger partial charge on any atom is -0.372 e. The van der Waals surface area contributed by atoms with E-state index in [0.29, 0.717) is 5.33 Å². The lowest BCUT2D eigenvalue weighted by atomic mass is 10.1. The SMILES string of the molecule is CCCCN(C)c1c(F)cccc1CBr. The van der Waals surface area contributed by atoms with Crippen LogP contribution in [0.2, 0.25) is 0 Å². The van der Waals surface area contributed by atoms with E-state index in [9.17, 15) is 4.39 Å². The van der Waals surface area contributed by atoms with Crippen LogP contribution >= 0.6 is 15.9 Å². The molecule has 0 radical (unpaired) electrons. The molecule has 0 saturated heterocycles. The van der Waals surface area contributed by atoms with Crippen molar-refractivity contribution in [2.45, 2.75) is 25.1 Å². The lowest BCUT2D eigenvalue weighted by Crippen LogP contribution is -2.20. The zero-order valence-corrected chi connectivity index (χ0v) is 10.8. The van der Waals surface area contributed by atoms with E-state index in [4.69, 9.17) is 0 Å². The fourth-order valence-electron chi connectivity index (χ4n) is 1.60. The Morgan fingerprint density at radius 2 is 2.13 bits per heavy atom. The third-order valence-electron chi connectivity index (χ3n) is 2.44. The first-order valence-electron chi connectivity index (χ1n) is 5.25. The quantitative estimate of drug-likeness (QED) is 0.735. The van der Waals surface area contributed by atoms with Gasteiger partial charge in [0.2, 0.25) is 0 Å². The van der Waals surface area contributed by atoms with Crippen molar-refractivity contribution in [3.8, 4) is 0 Å². The molecule has 0 bridgehead atoms. The average molecular weight is 274 g/mol. The Kier molecular flexibility index (Phi) is 5.09. The summed E-state index contributed by atoms with van der Waals surface area (Å²) in [7, 11) is 1.94. The molecule has 0 amide bonds. The molecule has 0 aliphatic carbocycles. The summed E-state index contributed by atoms with van der Waals surface area (Å²) in [5, 5.41) is 0.691. The number of alkyl halides is 1. The summed E-state index contributed by atoms with van der Waals surface area (Å²) in [6.45, 7) is 3.04. The Bertz CT molecular complexity index is 314. The second kappa shape index (κ2) is 6.11. The maximum Gasteiger partial charge on any atom is 0.146 e. The van der Waals surface area contributed by atoms with Gasteiger partial charge in [-0.2, -0.15) is 0 Å². The van der Waals surface area contributed by atoms with Crippen LogP contribution in [-0.2, 0) is 5.33 Å². The van der Waals surface area contributed by atoms with E-state index < -0.39 is 0 Å². The van der Waals surface area contributed by atoms with Gasteiger partial charge in [0.15, 0.2) is 0 Å². The fraction of sp³-hybridized carbons (Fsp3) is 0.500. The minimum absolute atomic E-state index is 0.134. The first-order chi connectivity index (χ1) is 7.20. The molecule has 1 aromatic rings. The molecule has 0 aliphatic rings. The van der Waals surface area contributed by atoms with Crippen LogP contribution in [0.5, 0.6) is 0 Å². The standard InChI is InChI=1S/C12H17BrFN/c1-3-4-8-15(2)12-10(9-13)6-5-7-11(12)14/h5-7H,3-4,8-9H2,1-2H3. The largest absolute Gasteiger partial charge is 0.372 e. The van der Waals surface area contributed by atoms with Crippen molar-refractivity contribution < 1.29 is 4.39 Å². The van der Waals surface area contributed by atoms with Gasteiger partial charge in [-0.05, 0) is 18.1 Å². The highest BCUT2D eigenvalue weighted by atomic mass is 79.9. The average Bonchev–Trinajstić information content (AvgIpc) is 2.25. The molecule has 0 atom stereocenters. The maximum absolute atomic E-state index is 13.7. The van der Waals surface area contributed by atoms with Crippen LogP contribution in [0.15, 0.2) is 18.2 Å². The summed E-state index contributed by atoms with van der Waals surface area (Å²) in [6.07, 6.45) is 2.22. The Morgan fingerprint density at radius 1 is 1.40 bits per heavy atom. The normalized spacial score (nSPS) is 10.4. The second-order valence-corrected chi connectivity index (χ2v) is 4.22. The predicted octanol–water partition coefficient (Wildman–Crippen LogP) is 3.96. The van der Waals surface area contributed by atoms with Gasteiger partial charge in [-0.15, -0.1) is 0 Å². The number of nitrogens with zero attached hydrogens (tertiary/aromatic N) is 1. The highest BCUT2D eigenvalue weighted by Crippen LogP contribution is 2.25. The summed E-state index contributed by atoms with van der Waals surface area (Å²) in [5.74, 6) is -0.134. The van der Waals surface area contributed by atoms with Crippen LogP contribution in [0, 0.1) is 5.82 Å². The molecule has 0 fully saturated rings. The van der Waals surface area contributed by atoms with Crippen LogP contribution in [-0.4, -0.2) is 13.6 Å². The number of halogens is 2. The molecule has 15 heavy (non-hydrogen) atoms. The number of benzene rings is 1. The van der Waals surface area contributed by atoms with Gasteiger partial charge < -0.3 is 4.90 Å². The Morgan fingerprint density at radius 3 is 2.73 bits per heavy atom. The van der Waals surface area contributed by atoms with E-state index >= 15 is 0 Å². The number of para-hydroxylation sites is 1. The Hall–Kier alpha value is -0.570. The molecule has 84 valence electrons. The van der Waals surface area contributed by atoms with Crippen LogP contribution < -0.4 is 4.90 Å². The fourth-order valence-corrected chi connectivity index (χ4v) is 2.05. The van der Waals surface area contributed by atoms with Crippen molar-refractivity contribution in [3.63, 3.8) is 0 Å². The monoisotopic (exact) mass is 273 g/mol. The van der Waals surface area contributed by atoms with Crippen molar-refractivity contribution in [2.75, 3.05) is 18.5 Å². The van der Waals surface area contributed by atoms with E-state index in [1.807, 2.05) is 18.0 Å². The van der Waals surface area contributed by atoms with Gasteiger partial charge in [0.25, 0.3) is 0 Å². The zero-order valence-electron chi connectivity index (χ0n) is 9.26. The summed E-state index contributed by atoms with van der Waals surface area (Å²) in [5.41, 5.74) is 1.73. The molecule has 1 aromatic carbocycles. The molecule has 0 spiro atoms. The molecule has 3 heteroatoms. The minimum atomic E-state index is -0.134. The molecule has 0 heterocycles. The molecular weight excluding hydrogens is 257 g/mol. The highest BCUT2D eigenvalue weighted by Gasteiger charge is 2.11. The van der Waals surface area contributed by atoms with E-state index in [0.717, 1.165) is 30.6 Å². The first kappa shape index (κ1) is 12.5. The van der Waals surface area contributed by atoms with Gasteiger partial charge in [-0.3, -0.25) is 0 Å². The first-order valence-corrected chi connectivity index (χ1v) is 6.37.